The molecule has 114 valence electrons. The molecule has 1 saturated carbocycles. The van der Waals surface area contributed by atoms with Crippen LogP contribution in [0.5, 0.6) is 5.75 Å². The van der Waals surface area contributed by atoms with Gasteiger partial charge in [-0.05, 0) is 43.5 Å². The van der Waals surface area contributed by atoms with Crippen LogP contribution in [-0.4, -0.2) is 24.5 Å². The fourth-order valence-electron chi connectivity index (χ4n) is 2.40. The third-order valence-electron chi connectivity index (χ3n) is 3.58. The van der Waals surface area contributed by atoms with Crippen LogP contribution in [0.3, 0.4) is 0 Å². The van der Waals surface area contributed by atoms with Crippen molar-refractivity contribution in [3.63, 3.8) is 0 Å². The van der Waals surface area contributed by atoms with Gasteiger partial charge in [-0.1, -0.05) is 0 Å². The molecule has 5 N–H and O–H groups in total. The van der Waals surface area contributed by atoms with Gasteiger partial charge in [0.2, 0.25) is 11.8 Å². The van der Waals surface area contributed by atoms with Crippen LogP contribution in [0.2, 0.25) is 0 Å². The third kappa shape index (κ3) is 4.75. The molecule has 0 bridgehead atoms. The number of amides is 2. The molecule has 0 saturated heterocycles. The van der Waals surface area contributed by atoms with E-state index in [1.54, 1.807) is 24.3 Å². The van der Waals surface area contributed by atoms with Crippen LogP contribution in [0.15, 0.2) is 24.3 Å². The summed E-state index contributed by atoms with van der Waals surface area (Å²) in [5.74, 6) is 0.266. The average Bonchev–Trinajstić information content (AvgIpc) is 2.87. The first-order valence-electron chi connectivity index (χ1n) is 7.12. The summed E-state index contributed by atoms with van der Waals surface area (Å²) in [7, 11) is 0. The van der Waals surface area contributed by atoms with Gasteiger partial charge in [-0.25, -0.2) is 0 Å². The van der Waals surface area contributed by atoms with Crippen LogP contribution in [0, 0.1) is 5.92 Å². The highest BCUT2D eigenvalue weighted by atomic mass is 16.5. The van der Waals surface area contributed by atoms with E-state index in [0.29, 0.717) is 5.75 Å². The third-order valence-corrected chi connectivity index (χ3v) is 3.58. The zero-order valence-electron chi connectivity index (χ0n) is 11.9. The van der Waals surface area contributed by atoms with E-state index in [9.17, 15) is 9.59 Å². The van der Waals surface area contributed by atoms with Crippen molar-refractivity contribution in [3.05, 3.63) is 24.3 Å². The molecule has 0 spiro atoms. The molecule has 1 aliphatic rings. The van der Waals surface area contributed by atoms with Crippen LogP contribution in [0.25, 0.3) is 0 Å². The molecule has 2 amide bonds. The first-order chi connectivity index (χ1) is 10.0. The van der Waals surface area contributed by atoms with Crippen LogP contribution in [0.4, 0.5) is 5.69 Å². The number of primary amides is 1. The summed E-state index contributed by atoms with van der Waals surface area (Å²) >= 11 is 0. The minimum absolute atomic E-state index is 0.00601. The number of hydrogen-bond acceptors (Lipinski definition) is 4. The maximum Gasteiger partial charge on any atom is 0.227 e. The van der Waals surface area contributed by atoms with Crippen molar-refractivity contribution in [1.29, 1.82) is 0 Å². The van der Waals surface area contributed by atoms with Crippen molar-refractivity contribution in [2.45, 2.75) is 31.7 Å². The van der Waals surface area contributed by atoms with Crippen LogP contribution < -0.4 is 21.5 Å². The molecule has 0 heterocycles. The maximum absolute atomic E-state index is 12.0. The summed E-state index contributed by atoms with van der Waals surface area (Å²) in [6.45, 7) is 0.251. The van der Waals surface area contributed by atoms with E-state index in [0.717, 1.165) is 24.9 Å². The Labute approximate surface area is 123 Å². The largest absolute Gasteiger partial charge is 0.493 e. The van der Waals surface area contributed by atoms with Gasteiger partial charge in [-0.15, -0.1) is 0 Å². The molecule has 1 aliphatic carbocycles. The maximum atomic E-state index is 12.0. The normalized spacial score (nSPS) is 21.0. The highest BCUT2D eigenvalue weighted by Crippen LogP contribution is 2.25. The van der Waals surface area contributed by atoms with Crippen molar-refractivity contribution >= 4 is 17.5 Å². The number of rotatable bonds is 6. The highest BCUT2D eigenvalue weighted by molar-refractivity contribution is 5.92. The second-order valence-electron chi connectivity index (χ2n) is 5.35. The van der Waals surface area contributed by atoms with Gasteiger partial charge in [0.05, 0.1) is 13.0 Å². The number of carbonyl (C=O) groups is 2. The molecular formula is C15H21N3O3. The number of nitrogens with two attached hydrogens (primary N) is 2. The molecular weight excluding hydrogens is 270 g/mol. The van der Waals surface area contributed by atoms with E-state index in [2.05, 4.69) is 5.32 Å². The number of hydrogen-bond donors (Lipinski definition) is 3. The average molecular weight is 291 g/mol. The molecule has 21 heavy (non-hydrogen) atoms. The summed E-state index contributed by atoms with van der Waals surface area (Å²) in [6.07, 6.45) is 2.69. The zero-order chi connectivity index (χ0) is 15.2. The van der Waals surface area contributed by atoms with Gasteiger partial charge in [0.25, 0.3) is 0 Å². The fourth-order valence-corrected chi connectivity index (χ4v) is 2.40. The fraction of sp³-hybridized carbons (Fsp3) is 0.467. The molecule has 2 atom stereocenters. The summed E-state index contributed by atoms with van der Waals surface area (Å²) < 4.78 is 5.36. The minimum Gasteiger partial charge on any atom is -0.493 e. The van der Waals surface area contributed by atoms with Gasteiger partial charge in [0.15, 0.2) is 0 Å². The summed E-state index contributed by atoms with van der Waals surface area (Å²) in [4.78, 5) is 22.6. The molecule has 0 radical (unpaired) electrons. The van der Waals surface area contributed by atoms with Crippen LogP contribution >= 0.6 is 0 Å². The van der Waals surface area contributed by atoms with Crippen molar-refractivity contribution in [2.24, 2.45) is 17.4 Å². The topological polar surface area (TPSA) is 107 Å². The smallest absolute Gasteiger partial charge is 0.227 e. The SMILES string of the molecule is NC(=O)CCOc1ccc(NC(=O)C2CCC(N)C2)cc1. The van der Waals surface area contributed by atoms with Gasteiger partial charge in [0, 0.05) is 17.6 Å². The molecule has 2 unspecified atom stereocenters. The Morgan fingerprint density at radius 2 is 1.95 bits per heavy atom. The number of anilines is 1. The first-order valence-corrected chi connectivity index (χ1v) is 7.12. The lowest BCUT2D eigenvalue weighted by Gasteiger charge is -2.11. The first kappa shape index (κ1) is 15.3. The van der Waals surface area contributed by atoms with E-state index < -0.39 is 5.91 Å². The second kappa shape index (κ2) is 7.08. The Balaban J connectivity index is 1.81. The molecule has 0 aliphatic heterocycles. The Morgan fingerprint density at radius 1 is 1.24 bits per heavy atom. The highest BCUT2D eigenvalue weighted by Gasteiger charge is 2.27. The predicted molar refractivity (Wildman–Crippen MR) is 79.7 cm³/mol. The lowest BCUT2D eigenvalue weighted by atomic mass is 10.1. The standard InChI is InChI=1S/C15H21N3O3/c16-11-2-1-10(9-11)15(20)18-12-3-5-13(6-4-12)21-8-7-14(17)19/h3-6,10-11H,1-2,7-9,16H2,(H2,17,19)(H,18,20). The van der Waals surface area contributed by atoms with Crippen molar-refractivity contribution < 1.29 is 14.3 Å². The van der Waals surface area contributed by atoms with Gasteiger partial charge >= 0.3 is 0 Å². The van der Waals surface area contributed by atoms with Crippen LogP contribution in [0.1, 0.15) is 25.7 Å². The molecule has 1 fully saturated rings. The van der Waals surface area contributed by atoms with Gasteiger partial charge in [-0.3, -0.25) is 9.59 Å². The van der Waals surface area contributed by atoms with E-state index in [4.69, 9.17) is 16.2 Å². The Hall–Kier alpha value is -2.08. The van der Waals surface area contributed by atoms with E-state index in [1.807, 2.05) is 0 Å². The predicted octanol–water partition coefficient (Wildman–Crippen LogP) is 1.01. The van der Waals surface area contributed by atoms with Gasteiger partial charge in [0.1, 0.15) is 5.75 Å². The summed E-state index contributed by atoms with van der Waals surface area (Å²) in [6, 6.07) is 7.18. The molecule has 2 rings (SSSR count). The van der Waals surface area contributed by atoms with E-state index in [1.165, 1.54) is 0 Å². The van der Waals surface area contributed by atoms with Crippen molar-refractivity contribution in [1.82, 2.24) is 0 Å². The van der Waals surface area contributed by atoms with Gasteiger partial charge in [-0.2, -0.15) is 0 Å². The summed E-state index contributed by atoms with van der Waals surface area (Å²) in [5.41, 5.74) is 11.6. The van der Waals surface area contributed by atoms with Crippen molar-refractivity contribution in [3.8, 4) is 5.75 Å². The quantitative estimate of drug-likeness (QED) is 0.726. The molecule has 1 aromatic carbocycles. The number of carbonyl (C=O) groups excluding carboxylic acids is 2. The molecule has 6 nitrogen and oxygen atoms in total. The lowest BCUT2D eigenvalue weighted by Crippen LogP contribution is -2.23. The van der Waals surface area contributed by atoms with Crippen LogP contribution in [-0.2, 0) is 9.59 Å². The van der Waals surface area contributed by atoms with Gasteiger partial charge < -0.3 is 21.5 Å². The lowest BCUT2D eigenvalue weighted by molar-refractivity contribution is -0.120. The Morgan fingerprint density at radius 3 is 2.52 bits per heavy atom. The molecule has 0 aromatic heterocycles. The Bertz CT molecular complexity index is 501. The zero-order valence-corrected chi connectivity index (χ0v) is 11.9. The number of nitrogens with one attached hydrogen (secondary N) is 1. The Kier molecular flexibility index (Phi) is 5.16. The van der Waals surface area contributed by atoms with Crippen molar-refractivity contribution in [2.75, 3.05) is 11.9 Å². The monoisotopic (exact) mass is 291 g/mol. The molecule has 1 aromatic rings. The number of benzene rings is 1. The van der Waals surface area contributed by atoms with E-state index >= 15 is 0 Å². The summed E-state index contributed by atoms with van der Waals surface area (Å²) in [5, 5.41) is 2.88. The minimum atomic E-state index is -0.395. The molecule has 6 heteroatoms. The second-order valence-corrected chi connectivity index (χ2v) is 5.35. The number of ether oxygens (including phenoxy) is 1. The van der Waals surface area contributed by atoms with E-state index in [-0.39, 0.29) is 30.9 Å².